The van der Waals surface area contributed by atoms with Gasteiger partial charge in [0.25, 0.3) is 0 Å². The van der Waals surface area contributed by atoms with Crippen LogP contribution in [0.1, 0.15) is 24.6 Å². The number of hydrogen-bond acceptors (Lipinski definition) is 3. The zero-order valence-corrected chi connectivity index (χ0v) is 9.95. The van der Waals surface area contributed by atoms with Crippen LogP contribution < -0.4 is 0 Å². The minimum absolute atomic E-state index is 0.143. The van der Waals surface area contributed by atoms with Gasteiger partial charge in [0.15, 0.2) is 16.8 Å². The van der Waals surface area contributed by atoms with Crippen molar-refractivity contribution in [2.24, 2.45) is 0 Å². The average molecular weight is 253 g/mol. The second kappa shape index (κ2) is 3.77. The Bertz CT molecular complexity index is 554. The molecule has 1 fully saturated rings. The molecule has 2 aromatic heterocycles. The molecule has 6 heteroatoms. The molecule has 2 heterocycles. The maximum absolute atomic E-state index is 13.3. The van der Waals surface area contributed by atoms with Crippen LogP contribution in [0.2, 0.25) is 5.15 Å². The summed E-state index contributed by atoms with van der Waals surface area (Å²) in [6, 6.07) is 0.472. The molecular weight excluding hydrogens is 243 g/mol. The third kappa shape index (κ3) is 1.80. The Morgan fingerprint density at radius 2 is 2.18 bits per heavy atom. The quantitative estimate of drug-likeness (QED) is 0.772. The van der Waals surface area contributed by atoms with Crippen LogP contribution in [-0.2, 0) is 0 Å². The number of rotatable bonds is 2. The van der Waals surface area contributed by atoms with Crippen LogP contribution in [0.5, 0.6) is 0 Å². The summed E-state index contributed by atoms with van der Waals surface area (Å²) in [5.74, 6) is -0.133. The number of nitrogens with zero attached hydrogens (tertiary/aromatic N) is 4. The largest absolute Gasteiger partial charge is 0.325 e. The summed E-state index contributed by atoms with van der Waals surface area (Å²) in [5.41, 5.74) is 1.04. The van der Waals surface area contributed by atoms with E-state index < -0.39 is 5.82 Å². The van der Waals surface area contributed by atoms with E-state index in [0.29, 0.717) is 11.9 Å². The molecule has 17 heavy (non-hydrogen) atoms. The molecule has 1 saturated carbocycles. The SMILES string of the molecule is Cc1nc(-c2cncn2C2CC2)nc(Cl)c1F. The van der Waals surface area contributed by atoms with Gasteiger partial charge >= 0.3 is 0 Å². The van der Waals surface area contributed by atoms with Gasteiger partial charge in [-0.2, -0.15) is 0 Å². The normalized spacial score (nSPS) is 15.2. The fraction of sp³-hybridized carbons (Fsp3) is 0.364. The Kier molecular flexibility index (Phi) is 2.36. The monoisotopic (exact) mass is 252 g/mol. The molecule has 4 nitrogen and oxygen atoms in total. The van der Waals surface area contributed by atoms with Crippen molar-refractivity contribution in [1.82, 2.24) is 19.5 Å². The average Bonchev–Trinajstić information content (AvgIpc) is 3.03. The number of aromatic nitrogens is 4. The van der Waals surface area contributed by atoms with Crippen LogP contribution in [0.25, 0.3) is 11.5 Å². The third-order valence-corrected chi connectivity index (χ3v) is 3.06. The van der Waals surface area contributed by atoms with E-state index in [0.717, 1.165) is 18.5 Å². The summed E-state index contributed by atoms with van der Waals surface area (Å²) in [5, 5.41) is -0.143. The van der Waals surface area contributed by atoms with Crippen molar-refractivity contribution in [1.29, 1.82) is 0 Å². The van der Waals surface area contributed by atoms with E-state index >= 15 is 0 Å². The molecule has 1 aliphatic rings. The molecule has 0 aliphatic heterocycles. The van der Waals surface area contributed by atoms with Crippen LogP contribution in [0.4, 0.5) is 4.39 Å². The Morgan fingerprint density at radius 3 is 2.82 bits per heavy atom. The van der Waals surface area contributed by atoms with E-state index in [1.54, 1.807) is 19.4 Å². The smallest absolute Gasteiger partial charge is 0.181 e. The lowest BCUT2D eigenvalue weighted by atomic mass is 10.3. The van der Waals surface area contributed by atoms with E-state index in [1.807, 2.05) is 4.57 Å². The fourth-order valence-corrected chi connectivity index (χ4v) is 1.98. The highest BCUT2D eigenvalue weighted by atomic mass is 35.5. The summed E-state index contributed by atoms with van der Waals surface area (Å²) < 4.78 is 15.4. The Hall–Kier alpha value is -1.49. The molecule has 0 spiro atoms. The lowest BCUT2D eigenvalue weighted by Gasteiger charge is -2.06. The van der Waals surface area contributed by atoms with Gasteiger partial charge in [-0.1, -0.05) is 11.6 Å². The number of imidazole rings is 1. The fourth-order valence-electron chi connectivity index (χ4n) is 1.76. The standard InChI is InChI=1S/C11H10ClFN4/c1-6-9(13)10(12)16-11(15-6)8-4-14-5-17(8)7-2-3-7/h4-5,7H,2-3H2,1H3. The summed E-state index contributed by atoms with van der Waals surface area (Å²) in [6.07, 6.45) is 5.71. The van der Waals surface area contributed by atoms with Crippen LogP contribution in [0, 0.1) is 12.7 Å². The van der Waals surface area contributed by atoms with E-state index in [-0.39, 0.29) is 10.8 Å². The number of aryl methyl sites for hydroxylation is 1. The molecule has 1 aliphatic carbocycles. The van der Waals surface area contributed by atoms with Gasteiger partial charge in [0, 0.05) is 6.04 Å². The van der Waals surface area contributed by atoms with Gasteiger partial charge in [-0.3, -0.25) is 0 Å². The van der Waals surface area contributed by atoms with Crippen molar-refractivity contribution in [3.05, 3.63) is 29.2 Å². The Morgan fingerprint density at radius 1 is 1.41 bits per heavy atom. The molecule has 3 rings (SSSR count). The van der Waals surface area contributed by atoms with Crippen LogP contribution >= 0.6 is 11.6 Å². The lowest BCUT2D eigenvalue weighted by Crippen LogP contribution is -2.02. The van der Waals surface area contributed by atoms with Gasteiger partial charge in [-0.15, -0.1) is 0 Å². The molecular formula is C11H10ClFN4. The highest BCUT2D eigenvalue weighted by Gasteiger charge is 2.26. The molecule has 0 bridgehead atoms. The predicted molar refractivity (Wildman–Crippen MR) is 61.2 cm³/mol. The zero-order valence-electron chi connectivity index (χ0n) is 9.19. The van der Waals surface area contributed by atoms with Crippen molar-refractivity contribution in [3.8, 4) is 11.5 Å². The predicted octanol–water partition coefficient (Wildman–Crippen LogP) is 2.78. The summed E-state index contributed by atoms with van der Waals surface area (Å²) in [4.78, 5) is 12.2. The number of hydrogen-bond donors (Lipinski definition) is 0. The van der Waals surface area contributed by atoms with E-state index in [1.165, 1.54) is 0 Å². The van der Waals surface area contributed by atoms with Crippen LogP contribution in [0.3, 0.4) is 0 Å². The minimum atomic E-state index is -0.562. The first kappa shape index (κ1) is 10.7. The van der Waals surface area contributed by atoms with Crippen LogP contribution in [-0.4, -0.2) is 19.5 Å². The zero-order chi connectivity index (χ0) is 12.0. The molecule has 88 valence electrons. The van der Waals surface area contributed by atoms with Crippen molar-refractivity contribution in [3.63, 3.8) is 0 Å². The highest BCUT2D eigenvalue weighted by molar-refractivity contribution is 6.29. The van der Waals surface area contributed by atoms with Gasteiger partial charge in [-0.05, 0) is 19.8 Å². The van der Waals surface area contributed by atoms with E-state index in [9.17, 15) is 4.39 Å². The molecule has 0 N–H and O–H groups in total. The Balaban J connectivity index is 2.11. The minimum Gasteiger partial charge on any atom is -0.325 e. The van der Waals surface area contributed by atoms with Gasteiger partial charge in [0.1, 0.15) is 5.69 Å². The summed E-state index contributed by atoms with van der Waals surface area (Å²) in [7, 11) is 0. The molecule has 0 saturated heterocycles. The molecule has 0 unspecified atom stereocenters. The summed E-state index contributed by atoms with van der Waals surface area (Å²) >= 11 is 5.73. The summed E-state index contributed by atoms with van der Waals surface area (Å²) in [6.45, 7) is 1.57. The topological polar surface area (TPSA) is 43.6 Å². The maximum atomic E-state index is 13.3. The maximum Gasteiger partial charge on any atom is 0.181 e. The second-order valence-corrected chi connectivity index (χ2v) is 4.51. The van der Waals surface area contributed by atoms with Gasteiger partial charge in [0.2, 0.25) is 0 Å². The van der Waals surface area contributed by atoms with Crippen LogP contribution in [0.15, 0.2) is 12.5 Å². The molecule has 0 radical (unpaired) electrons. The van der Waals surface area contributed by atoms with Crippen molar-refractivity contribution in [2.75, 3.05) is 0 Å². The molecule has 0 atom stereocenters. The lowest BCUT2D eigenvalue weighted by molar-refractivity contribution is 0.602. The first-order chi connectivity index (χ1) is 8.16. The van der Waals surface area contributed by atoms with Gasteiger partial charge in [0.05, 0.1) is 18.2 Å². The van der Waals surface area contributed by atoms with E-state index in [4.69, 9.17) is 11.6 Å². The van der Waals surface area contributed by atoms with Gasteiger partial charge in [-0.25, -0.2) is 19.3 Å². The van der Waals surface area contributed by atoms with Crippen molar-refractivity contribution in [2.45, 2.75) is 25.8 Å². The first-order valence-corrected chi connectivity index (χ1v) is 5.76. The molecule has 2 aromatic rings. The second-order valence-electron chi connectivity index (χ2n) is 4.15. The van der Waals surface area contributed by atoms with Crippen molar-refractivity contribution >= 4 is 11.6 Å². The highest BCUT2D eigenvalue weighted by Crippen LogP contribution is 2.37. The van der Waals surface area contributed by atoms with E-state index in [2.05, 4.69) is 15.0 Å². The molecule has 0 aromatic carbocycles. The first-order valence-electron chi connectivity index (χ1n) is 5.38. The molecule has 0 amide bonds. The van der Waals surface area contributed by atoms with Crippen molar-refractivity contribution < 1.29 is 4.39 Å². The third-order valence-electron chi connectivity index (χ3n) is 2.81. The van der Waals surface area contributed by atoms with Gasteiger partial charge < -0.3 is 4.57 Å². The number of halogens is 2. The Labute approximate surface area is 102 Å².